The molecule has 1 unspecified atom stereocenters. The molecular formula is C44H76NO9P. The number of hydrogen-bond donors (Lipinski definition) is 0. The number of phosphoric acid groups is 1. The third-order valence-corrected chi connectivity index (χ3v) is 9.45. The summed E-state index contributed by atoms with van der Waals surface area (Å²) < 4.78 is 33.6. The lowest BCUT2D eigenvalue weighted by molar-refractivity contribution is -0.870. The van der Waals surface area contributed by atoms with Crippen LogP contribution in [0.4, 0.5) is 0 Å². The number of nitrogens with zero attached hydrogens (tertiary/aromatic N) is 1. The largest absolute Gasteiger partial charge is 0.756 e. The van der Waals surface area contributed by atoms with Crippen molar-refractivity contribution in [2.45, 2.75) is 155 Å². The van der Waals surface area contributed by atoms with Gasteiger partial charge in [0.25, 0.3) is 7.82 Å². The van der Waals surface area contributed by atoms with Gasteiger partial charge in [-0.15, -0.1) is 0 Å². The lowest BCUT2D eigenvalue weighted by Gasteiger charge is -2.28. The van der Waals surface area contributed by atoms with Crippen LogP contribution in [0.25, 0.3) is 0 Å². The molecule has 0 aromatic carbocycles. The van der Waals surface area contributed by atoms with Crippen molar-refractivity contribution in [1.29, 1.82) is 0 Å². The summed E-state index contributed by atoms with van der Waals surface area (Å²) in [5.41, 5.74) is 0. The van der Waals surface area contributed by atoms with Gasteiger partial charge in [0, 0.05) is 19.3 Å². The molecule has 2 atom stereocenters. The summed E-state index contributed by atoms with van der Waals surface area (Å²) in [6.07, 6.45) is 38.3. The summed E-state index contributed by atoms with van der Waals surface area (Å²) in [4.78, 5) is 49.6. The van der Waals surface area contributed by atoms with Crippen molar-refractivity contribution in [1.82, 2.24) is 0 Å². The van der Waals surface area contributed by atoms with Crippen LogP contribution in [0.3, 0.4) is 0 Å². The van der Waals surface area contributed by atoms with Gasteiger partial charge in [0.2, 0.25) is 0 Å². The molecule has 0 aliphatic heterocycles. The fraction of sp³-hybridized carbons (Fsp3) is 0.705. The van der Waals surface area contributed by atoms with E-state index in [1.165, 1.54) is 51.0 Å². The van der Waals surface area contributed by atoms with Crippen molar-refractivity contribution >= 4 is 25.5 Å². The third kappa shape index (κ3) is 39.4. The Balaban J connectivity index is 4.61. The number of ketones is 1. The zero-order chi connectivity index (χ0) is 40.9. The summed E-state index contributed by atoms with van der Waals surface area (Å²) in [5, 5.41) is 0. The van der Waals surface area contributed by atoms with Crippen molar-refractivity contribution in [3.8, 4) is 0 Å². The molecule has 0 rings (SSSR count). The van der Waals surface area contributed by atoms with Gasteiger partial charge >= 0.3 is 11.9 Å². The van der Waals surface area contributed by atoms with Crippen LogP contribution >= 0.6 is 7.82 Å². The molecule has 316 valence electrons. The second-order valence-corrected chi connectivity index (χ2v) is 16.4. The maximum Gasteiger partial charge on any atom is 0.306 e. The van der Waals surface area contributed by atoms with E-state index in [4.69, 9.17) is 18.5 Å². The van der Waals surface area contributed by atoms with Gasteiger partial charge < -0.3 is 27.9 Å². The van der Waals surface area contributed by atoms with Gasteiger partial charge in [-0.3, -0.25) is 18.9 Å². The predicted octanol–water partition coefficient (Wildman–Crippen LogP) is 10.2. The maximum absolute atomic E-state index is 12.6. The number of ether oxygens (including phenoxy) is 2. The van der Waals surface area contributed by atoms with Crippen LogP contribution in [0.2, 0.25) is 0 Å². The molecule has 0 heterocycles. The normalized spacial score (nSPS) is 14.1. The van der Waals surface area contributed by atoms with Crippen LogP contribution in [0.15, 0.2) is 60.8 Å². The Labute approximate surface area is 334 Å². The predicted molar refractivity (Wildman–Crippen MR) is 222 cm³/mol. The van der Waals surface area contributed by atoms with Crippen LogP contribution in [0.5, 0.6) is 0 Å². The van der Waals surface area contributed by atoms with Gasteiger partial charge in [0.1, 0.15) is 19.8 Å². The Kier molecular flexibility index (Phi) is 34.1. The first-order valence-corrected chi connectivity index (χ1v) is 22.4. The fourth-order valence-electron chi connectivity index (χ4n) is 5.13. The molecule has 11 heteroatoms. The van der Waals surface area contributed by atoms with Crippen molar-refractivity contribution in [3.63, 3.8) is 0 Å². The number of likely N-dealkylation sites (N-methyl/N-ethyl adjacent to an activating group) is 1. The number of quaternary nitrogens is 1. The van der Waals surface area contributed by atoms with Gasteiger partial charge in [0.05, 0.1) is 27.7 Å². The highest BCUT2D eigenvalue weighted by Crippen LogP contribution is 2.38. The molecule has 0 N–H and O–H groups in total. The number of esters is 2. The summed E-state index contributed by atoms with van der Waals surface area (Å²) in [6, 6.07) is 0. The SMILES string of the molecule is CCCCC/C=C\C/C=C\C/C=C\C=C\C(=O)CCCC(=O)OC[C@H](COP(=O)([O-])OCC[N+](C)(C)C)OC(=O)CCCCCCC/C=C\CCCCCC. The minimum absolute atomic E-state index is 0.0161. The third-order valence-electron chi connectivity index (χ3n) is 8.49. The standard InChI is InChI=1S/C44H76NO9P/c1-6-8-10-12-14-16-18-20-22-24-26-28-30-33-41(46)34-32-36-43(47)51-39-42(40-53-55(49,50)52-38-37-45(3,4)5)54-44(48)35-31-29-27-25-23-21-19-17-15-13-11-9-7-2/h14,16-17,19-20,22,26,28,30,33,42H,6-13,15,18,21,23-25,27,29,31-32,34-40H2,1-5H3/b16-14-,19-17-,22-20-,28-26-,33-30+/t42-/m1/s1. The Morgan fingerprint density at radius 1 is 0.618 bits per heavy atom. The van der Waals surface area contributed by atoms with Gasteiger partial charge in [-0.05, 0) is 70.3 Å². The van der Waals surface area contributed by atoms with E-state index in [9.17, 15) is 23.8 Å². The lowest BCUT2D eigenvalue weighted by atomic mass is 10.1. The minimum Gasteiger partial charge on any atom is -0.756 e. The number of hydrogen-bond acceptors (Lipinski definition) is 9. The van der Waals surface area contributed by atoms with Crippen molar-refractivity contribution in [2.75, 3.05) is 47.5 Å². The molecule has 0 aliphatic carbocycles. The Hall–Kier alpha value is -2.62. The van der Waals surface area contributed by atoms with Crippen LogP contribution < -0.4 is 4.89 Å². The van der Waals surface area contributed by atoms with Crippen LogP contribution in [-0.2, 0) is 37.5 Å². The summed E-state index contributed by atoms with van der Waals surface area (Å²) in [5.74, 6) is -1.21. The molecule has 55 heavy (non-hydrogen) atoms. The van der Waals surface area contributed by atoms with Gasteiger partial charge in [-0.25, -0.2) is 0 Å². The zero-order valence-corrected chi connectivity index (χ0v) is 36.0. The first-order chi connectivity index (χ1) is 26.4. The number of allylic oxidation sites excluding steroid dienone is 10. The molecule has 0 amide bonds. The maximum atomic E-state index is 12.6. The lowest BCUT2D eigenvalue weighted by Crippen LogP contribution is -2.37. The number of carbonyl (C=O) groups is 3. The van der Waals surface area contributed by atoms with E-state index in [2.05, 4.69) is 50.3 Å². The molecule has 0 spiro atoms. The van der Waals surface area contributed by atoms with Crippen LogP contribution in [0.1, 0.15) is 149 Å². The number of rotatable bonds is 37. The smallest absolute Gasteiger partial charge is 0.306 e. The Morgan fingerprint density at radius 3 is 1.84 bits per heavy atom. The minimum atomic E-state index is -4.68. The molecule has 0 fully saturated rings. The highest BCUT2D eigenvalue weighted by molar-refractivity contribution is 7.45. The quantitative estimate of drug-likeness (QED) is 0.0115. The van der Waals surface area contributed by atoms with E-state index in [1.807, 2.05) is 33.3 Å². The molecule has 0 saturated heterocycles. The first kappa shape index (κ1) is 52.4. The topological polar surface area (TPSA) is 128 Å². The molecule has 0 bridgehead atoms. The van der Waals surface area contributed by atoms with E-state index in [0.29, 0.717) is 17.4 Å². The van der Waals surface area contributed by atoms with Gasteiger partial charge in [-0.2, -0.15) is 0 Å². The number of carbonyl (C=O) groups excluding carboxylic acids is 3. The highest BCUT2D eigenvalue weighted by atomic mass is 31.2. The van der Waals surface area contributed by atoms with E-state index in [1.54, 1.807) is 6.08 Å². The summed E-state index contributed by atoms with van der Waals surface area (Å²) in [6.45, 7) is 3.87. The van der Waals surface area contributed by atoms with E-state index in [-0.39, 0.29) is 44.7 Å². The molecule has 0 saturated carbocycles. The highest BCUT2D eigenvalue weighted by Gasteiger charge is 2.21. The Bertz CT molecular complexity index is 1190. The molecule has 0 radical (unpaired) electrons. The average Bonchev–Trinajstić information content (AvgIpc) is 3.12. The first-order valence-electron chi connectivity index (χ1n) is 20.9. The monoisotopic (exact) mass is 794 g/mol. The zero-order valence-electron chi connectivity index (χ0n) is 35.1. The van der Waals surface area contributed by atoms with Gasteiger partial charge in [0.15, 0.2) is 11.9 Å². The number of phosphoric ester groups is 1. The van der Waals surface area contributed by atoms with E-state index < -0.39 is 32.5 Å². The van der Waals surface area contributed by atoms with Crippen molar-refractivity contribution in [3.05, 3.63) is 60.8 Å². The Morgan fingerprint density at radius 2 is 1.16 bits per heavy atom. The van der Waals surface area contributed by atoms with E-state index >= 15 is 0 Å². The van der Waals surface area contributed by atoms with Gasteiger partial charge in [-0.1, -0.05) is 120 Å². The van der Waals surface area contributed by atoms with E-state index in [0.717, 1.165) is 57.8 Å². The molecule has 0 aromatic heterocycles. The fourth-order valence-corrected chi connectivity index (χ4v) is 5.86. The van der Waals surface area contributed by atoms with Crippen LogP contribution in [0, 0.1) is 0 Å². The summed E-state index contributed by atoms with van der Waals surface area (Å²) in [7, 11) is 1.03. The second kappa shape index (κ2) is 35.8. The number of unbranched alkanes of at least 4 members (excludes halogenated alkanes) is 12. The van der Waals surface area contributed by atoms with Crippen LogP contribution in [-0.4, -0.2) is 75.8 Å². The second-order valence-electron chi connectivity index (χ2n) is 15.0. The van der Waals surface area contributed by atoms with Crippen molar-refractivity contribution < 1.29 is 46.8 Å². The molecular weight excluding hydrogens is 717 g/mol. The molecule has 0 aromatic rings. The molecule has 10 nitrogen and oxygen atoms in total. The summed E-state index contributed by atoms with van der Waals surface area (Å²) >= 11 is 0. The average molecular weight is 794 g/mol. The molecule has 0 aliphatic rings. The van der Waals surface area contributed by atoms with Crippen molar-refractivity contribution in [2.24, 2.45) is 0 Å².